The number of carbonyl (C=O) groups is 1. The molecule has 0 unspecified atom stereocenters. The molecule has 0 bridgehead atoms. The van der Waals surface area contributed by atoms with Gasteiger partial charge in [-0.25, -0.2) is 0 Å². The van der Waals surface area contributed by atoms with Gasteiger partial charge in [0.1, 0.15) is 12.3 Å². The maximum Gasteiger partial charge on any atom is 0.243 e. The van der Waals surface area contributed by atoms with E-state index in [9.17, 15) is 4.79 Å². The van der Waals surface area contributed by atoms with E-state index in [-0.39, 0.29) is 5.91 Å². The van der Waals surface area contributed by atoms with Crippen LogP contribution >= 0.6 is 0 Å². The van der Waals surface area contributed by atoms with Gasteiger partial charge in [-0.15, -0.1) is 0 Å². The van der Waals surface area contributed by atoms with Gasteiger partial charge in [0.2, 0.25) is 5.91 Å². The number of ether oxygens (including phenoxy) is 1. The Morgan fingerprint density at radius 1 is 1.15 bits per heavy atom. The molecule has 1 aliphatic rings. The maximum absolute atomic E-state index is 13.1. The van der Waals surface area contributed by atoms with Crippen LogP contribution in [0.15, 0.2) is 54.6 Å². The number of nitrogens with zero attached hydrogens (tertiary/aromatic N) is 2. The molecule has 2 aromatic carbocycles. The van der Waals surface area contributed by atoms with Crippen molar-refractivity contribution in [1.29, 1.82) is 0 Å². The molecule has 1 aromatic heterocycles. The summed E-state index contributed by atoms with van der Waals surface area (Å²) in [5.74, 6) is 1.03. The van der Waals surface area contributed by atoms with Gasteiger partial charge in [0.05, 0.1) is 7.11 Å². The molecule has 4 nitrogen and oxygen atoms in total. The van der Waals surface area contributed by atoms with Gasteiger partial charge in [0.15, 0.2) is 0 Å². The first-order chi connectivity index (χ1) is 12.7. The number of hydrogen-bond donors (Lipinski definition) is 0. The Morgan fingerprint density at radius 2 is 1.88 bits per heavy atom. The predicted molar refractivity (Wildman–Crippen MR) is 103 cm³/mol. The van der Waals surface area contributed by atoms with Gasteiger partial charge in [-0.1, -0.05) is 30.3 Å². The fourth-order valence-electron chi connectivity index (χ4n) is 3.52. The Hall–Kier alpha value is -2.75. The highest BCUT2D eigenvalue weighted by molar-refractivity contribution is 5.84. The number of rotatable bonds is 6. The number of benzene rings is 2. The summed E-state index contributed by atoms with van der Waals surface area (Å²) >= 11 is 0. The molecule has 1 saturated carbocycles. The summed E-state index contributed by atoms with van der Waals surface area (Å²) in [6.45, 7) is 3.12. The number of methoxy groups -OCH3 is 1. The lowest BCUT2D eigenvalue weighted by molar-refractivity contribution is -0.133. The van der Waals surface area contributed by atoms with Gasteiger partial charge in [-0.2, -0.15) is 0 Å². The quantitative estimate of drug-likeness (QED) is 0.671. The van der Waals surface area contributed by atoms with Crippen molar-refractivity contribution in [3.05, 3.63) is 65.9 Å². The van der Waals surface area contributed by atoms with Crippen molar-refractivity contribution in [2.75, 3.05) is 7.11 Å². The summed E-state index contributed by atoms with van der Waals surface area (Å²) in [6.07, 6.45) is 2.21. The molecule has 3 aromatic rings. The number of amides is 1. The van der Waals surface area contributed by atoms with Gasteiger partial charge in [0.25, 0.3) is 0 Å². The first-order valence-electron chi connectivity index (χ1n) is 9.13. The van der Waals surface area contributed by atoms with Crippen molar-refractivity contribution >= 4 is 16.8 Å². The molecule has 4 rings (SSSR count). The fraction of sp³-hybridized carbons (Fsp3) is 0.318. The minimum absolute atomic E-state index is 0.188. The Balaban J connectivity index is 1.54. The van der Waals surface area contributed by atoms with Crippen LogP contribution in [0.5, 0.6) is 5.75 Å². The van der Waals surface area contributed by atoms with Crippen LogP contribution in [0, 0.1) is 6.92 Å². The van der Waals surface area contributed by atoms with Crippen molar-refractivity contribution in [1.82, 2.24) is 9.47 Å². The lowest BCUT2D eigenvalue weighted by Gasteiger charge is -2.23. The molecule has 1 amide bonds. The van der Waals surface area contributed by atoms with Gasteiger partial charge in [0, 0.05) is 23.8 Å². The monoisotopic (exact) mass is 348 g/mol. The lowest BCUT2D eigenvalue weighted by Crippen LogP contribution is -2.35. The Morgan fingerprint density at radius 3 is 2.58 bits per heavy atom. The Labute approximate surface area is 154 Å². The van der Waals surface area contributed by atoms with E-state index in [1.54, 1.807) is 7.11 Å². The summed E-state index contributed by atoms with van der Waals surface area (Å²) in [5, 5.41) is 1.19. The molecule has 0 atom stereocenters. The van der Waals surface area contributed by atoms with E-state index < -0.39 is 0 Å². The van der Waals surface area contributed by atoms with Gasteiger partial charge < -0.3 is 14.2 Å². The highest BCUT2D eigenvalue weighted by atomic mass is 16.5. The van der Waals surface area contributed by atoms with Crippen LogP contribution in [-0.2, 0) is 17.9 Å². The van der Waals surface area contributed by atoms with Crippen molar-refractivity contribution < 1.29 is 9.53 Å². The smallest absolute Gasteiger partial charge is 0.243 e. The van der Waals surface area contributed by atoms with Crippen molar-refractivity contribution in [2.24, 2.45) is 0 Å². The molecular formula is C22H24N2O2. The van der Waals surface area contributed by atoms with E-state index in [1.807, 2.05) is 41.3 Å². The molecule has 0 saturated heterocycles. The molecule has 0 N–H and O–H groups in total. The normalized spacial score (nSPS) is 13.8. The number of para-hydroxylation sites is 1. The highest BCUT2D eigenvalue weighted by Gasteiger charge is 2.32. The minimum Gasteiger partial charge on any atom is -0.497 e. The Kier molecular flexibility index (Phi) is 4.41. The fourth-order valence-corrected chi connectivity index (χ4v) is 3.52. The van der Waals surface area contributed by atoms with Gasteiger partial charge >= 0.3 is 0 Å². The number of carbonyl (C=O) groups excluding carboxylic acids is 1. The second kappa shape index (κ2) is 6.87. The van der Waals surface area contributed by atoms with E-state index in [0.717, 1.165) is 35.4 Å². The molecule has 1 heterocycles. The molecule has 0 spiro atoms. The zero-order chi connectivity index (χ0) is 18.1. The van der Waals surface area contributed by atoms with Gasteiger partial charge in [-0.3, -0.25) is 4.79 Å². The molecule has 4 heteroatoms. The summed E-state index contributed by atoms with van der Waals surface area (Å²) < 4.78 is 7.35. The molecule has 1 fully saturated rings. The summed E-state index contributed by atoms with van der Waals surface area (Å²) in [4.78, 5) is 15.1. The van der Waals surface area contributed by atoms with E-state index in [1.165, 1.54) is 5.39 Å². The van der Waals surface area contributed by atoms with E-state index >= 15 is 0 Å². The SMILES string of the molecule is COc1ccc(CN(C(=O)Cn2c(C)cc3ccccc32)C2CC2)cc1. The molecule has 134 valence electrons. The first kappa shape index (κ1) is 16.7. The van der Waals surface area contributed by atoms with Gasteiger partial charge in [-0.05, 0) is 55.0 Å². The zero-order valence-electron chi connectivity index (χ0n) is 15.3. The third-order valence-corrected chi connectivity index (χ3v) is 5.13. The van der Waals surface area contributed by atoms with E-state index in [2.05, 4.69) is 29.7 Å². The topological polar surface area (TPSA) is 34.5 Å². The number of aryl methyl sites for hydroxylation is 1. The summed E-state index contributed by atoms with van der Waals surface area (Å²) in [5.41, 5.74) is 3.39. The van der Waals surface area contributed by atoms with Crippen LogP contribution in [0.3, 0.4) is 0 Å². The largest absolute Gasteiger partial charge is 0.497 e. The Bertz CT molecular complexity index is 923. The summed E-state index contributed by atoms with van der Waals surface area (Å²) in [6, 6.07) is 18.8. The summed E-state index contributed by atoms with van der Waals surface area (Å²) in [7, 11) is 1.67. The highest BCUT2D eigenvalue weighted by Crippen LogP contribution is 2.29. The number of aromatic nitrogens is 1. The molecule has 26 heavy (non-hydrogen) atoms. The van der Waals surface area contributed by atoms with Crippen molar-refractivity contribution in [3.8, 4) is 5.75 Å². The average molecular weight is 348 g/mol. The molecule has 0 aliphatic heterocycles. The molecular weight excluding hydrogens is 324 g/mol. The standard InChI is InChI=1S/C22H24N2O2/c1-16-13-18-5-3-4-6-21(18)23(16)15-22(25)24(19-9-10-19)14-17-7-11-20(26-2)12-8-17/h3-8,11-13,19H,9-10,14-15H2,1-2H3. The third-order valence-electron chi connectivity index (χ3n) is 5.13. The first-order valence-corrected chi connectivity index (χ1v) is 9.13. The lowest BCUT2D eigenvalue weighted by atomic mass is 10.2. The van der Waals surface area contributed by atoms with Crippen LogP contribution in [0.4, 0.5) is 0 Å². The van der Waals surface area contributed by atoms with Crippen LogP contribution in [-0.4, -0.2) is 28.5 Å². The second-order valence-corrected chi connectivity index (χ2v) is 7.03. The van der Waals surface area contributed by atoms with Crippen LogP contribution in [0.2, 0.25) is 0 Å². The average Bonchev–Trinajstić information content (AvgIpc) is 3.45. The third kappa shape index (κ3) is 3.32. The predicted octanol–water partition coefficient (Wildman–Crippen LogP) is 4.15. The van der Waals surface area contributed by atoms with E-state index in [4.69, 9.17) is 4.74 Å². The number of fused-ring (bicyclic) bond motifs is 1. The maximum atomic E-state index is 13.1. The van der Waals surface area contributed by atoms with Crippen LogP contribution < -0.4 is 4.74 Å². The number of hydrogen-bond acceptors (Lipinski definition) is 2. The van der Waals surface area contributed by atoms with E-state index in [0.29, 0.717) is 19.1 Å². The van der Waals surface area contributed by atoms with Crippen LogP contribution in [0.1, 0.15) is 24.1 Å². The molecule has 0 radical (unpaired) electrons. The van der Waals surface area contributed by atoms with Crippen LogP contribution in [0.25, 0.3) is 10.9 Å². The van der Waals surface area contributed by atoms with Crippen molar-refractivity contribution in [3.63, 3.8) is 0 Å². The second-order valence-electron chi connectivity index (χ2n) is 7.03. The zero-order valence-corrected chi connectivity index (χ0v) is 15.3. The molecule has 1 aliphatic carbocycles. The minimum atomic E-state index is 0.188. The van der Waals surface area contributed by atoms with Crippen molar-refractivity contribution in [2.45, 2.75) is 38.9 Å².